The molecular weight excluding hydrogens is 325 g/mol. The minimum absolute atomic E-state index is 0.0106. The number of rotatable bonds is 5. The van der Waals surface area contributed by atoms with Crippen LogP contribution in [0.3, 0.4) is 0 Å². The van der Waals surface area contributed by atoms with Crippen LogP contribution in [-0.4, -0.2) is 18.8 Å². The Morgan fingerprint density at radius 2 is 1.77 bits per heavy atom. The van der Waals surface area contributed by atoms with E-state index in [-0.39, 0.29) is 22.5 Å². The van der Waals surface area contributed by atoms with Crippen LogP contribution in [0.15, 0.2) is 53.4 Å². The Hall–Kier alpha value is -1.43. The first-order chi connectivity index (χ1) is 10.3. The predicted octanol–water partition coefficient (Wildman–Crippen LogP) is 4.08. The van der Waals surface area contributed by atoms with Crippen molar-refractivity contribution in [3.63, 3.8) is 0 Å². The first-order valence-corrected chi connectivity index (χ1v) is 8.65. The van der Waals surface area contributed by atoms with Gasteiger partial charge in [-0.3, -0.25) is 0 Å². The number of benzene rings is 2. The van der Waals surface area contributed by atoms with Gasteiger partial charge in [-0.2, -0.15) is 4.31 Å². The third kappa shape index (κ3) is 3.66. The molecule has 6 heteroatoms. The van der Waals surface area contributed by atoms with Crippen LogP contribution in [0, 0.1) is 5.82 Å². The van der Waals surface area contributed by atoms with Crippen LogP contribution >= 0.6 is 11.6 Å². The standard InChI is InChI=1S/C16H17ClFNO2S/c1-12(2)19(11-13-6-4-3-5-7-13)22(20,21)14-8-9-16(18)15(17)10-14/h3-10,12H,11H2,1-2H3. The van der Waals surface area contributed by atoms with Gasteiger partial charge < -0.3 is 0 Å². The Balaban J connectivity index is 2.40. The predicted molar refractivity (Wildman–Crippen MR) is 85.7 cm³/mol. The maximum Gasteiger partial charge on any atom is 0.243 e. The zero-order valence-corrected chi connectivity index (χ0v) is 13.9. The summed E-state index contributed by atoms with van der Waals surface area (Å²) < 4.78 is 40.2. The molecular formula is C16H17ClFNO2S. The van der Waals surface area contributed by atoms with Gasteiger partial charge in [0.2, 0.25) is 10.0 Å². The molecule has 0 saturated carbocycles. The molecule has 0 spiro atoms. The van der Waals surface area contributed by atoms with Gasteiger partial charge in [0.25, 0.3) is 0 Å². The average Bonchev–Trinajstić information content (AvgIpc) is 2.48. The number of hydrogen-bond acceptors (Lipinski definition) is 2. The summed E-state index contributed by atoms with van der Waals surface area (Å²) in [5, 5.41) is -0.204. The van der Waals surface area contributed by atoms with Gasteiger partial charge in [-0.1, -0.05) is 41.9 Å². The Bertz CT molecular complexity index is 748. The van der Waals surface area contributed by atoms with E-state index in [1.165, 1.54) is 10.4 Å². The van der Waals surface area contributed by atoms with Crippen LogP contribution in [0.5, 0.6) is 0 Å². The molecule has 0 aliphatic carbocycles. The van der Waals surface area contributed by atoms with Gasteiger partial charge in [0.1, 0.15) is 5.82 Å². The first-order valence-electron chi connectivity index (χ1n) is 6.83. The fraction of sp³-hybridized carbons (Fsp3) is 0.250. The molecule has 0 heterocycles. The average molecular weight is 342 g/mol. The van der Waals surface area contributed by atoms with E-state index in [0.29, 0.717) is 0 Å². The Kier molecular flexibility index (Phi) is 5.21. The lowest BCUT2D eigenvalue weighted by Crippen LogP contribution is -2.36. The van der Waals surface area contributed by atoms with Crippen LogP contribution < -0.4 is 0 Å². The summed E-state index contributed by atoms with van der Waals surface area (Å²) in [6, 6.07) is 12.5. The Labute approximate surface area is 135 Å². The lowest BCUT2D eigenvalue weighted by Gasteiger charge is -2.26. The van der Waals surface area contributed by atoms with E-state index in [2.05, 4.69) is 0 Å². The number of hydrogen-bond donors (Lipinski definition) is 0. The molecule has 0 bridgehead atoms. The maximum atomic E-state index is 13.3. The summed E-state index contributed by atoms with van der Waals surface area (Å²) in [7, 11) is -3.76. The van der Waals surface area contributed by atoms with Crippen molar-refractivity contribution in [2.24, 2.45) is 0 Å². The maximum absolute atomic E-state index is 13.3. The Morgan fingerprint density at radius 3 is 2.32 bits per heavy atom. The van der Waals surface area contributed by atoms with E-state index in [1.54, 1.807) is 13.8 Å². The van der Waals surface area contributed by atoms with Gasteiger partial charge in [0.05, 0.1) is 9.92 Å². The van der Waals surface area contributed by atoms with E-state index in [9.17, 15) is 12.8 Å². The molecule has 22 heavy (non-hydrogen) atoms. The number of halogens is 2. The molecule has 2 aromatic carbocycles. The fourth-order valence-corrected chi connectivity index (χ4v) is 3.98. The molecule has 0 aliphatic rings. The molecule has 0 fully saturated rings. The molecule has 0 atom stereocenters. The second kappa shape index (κ2) is 6.77. The Morgan fingerprint density at radius 1 is 1.14 bits per heavy atom. The molecule has 2 aromatic rings. The molecule has 0 aromatic heterocycles. The van der Waals surface area contributed by atoms with Crippen LogP contribution in [0.25, 0.3) is 0 Å². The van der Waals surface area contributed by atoms with Crippen molar-refractivity contribution in [1.82, 2.24) is 4.31 Å². The minimum Gasteiger partial charge on any atom is -0.207 e. The molecule has 118 valence electrons. The third-order valence-corrected chi connectivity index (χ3v) is 5.56. The molecule has 0 aliphatic heterocycles. The van der Waals surface area contributed by atoms with Gasteiger partial charge in [-0.05, 0) is 37.6 Å². The van der Waals surface area contributed by atoms with E-state index in [0.717, 1.165) is 17.7 Å². The molecule has 2 rings (SSSR count). The van der Waals surface area contributed by atoms with Crippen molar-refractivity contribution in [3.05, 3.63) is 64.9 Å². The van der Waals surface area contributed by atoms with Gasteiger partial charge in [0, 0.05) is 12.6 Å². The number of sulfonamides is 1. The van der Waals surface area contributed by atoms with Gasteiger partial charge in [-0.25, -0.2) is 12.8 Å². The second-order valence-electron chi connectivity index (χ2n) is 5.21. The summed E-state index contributed by atoms with van der Waals surface area (Å²) in [4.78, 5) is -0.0106. The largest absolute Gasteiger partial charge is 0.243 e. The van der Waals surface area contributed by atoms with Crippen LogP contribution in [-0.2, 0) is 16.6 Å². The fourth-order valence-electron chi connectivity index (χ4n) is 2.08. The minimum atomic E-state index is -3.76. The summed E-state index contributed by atoms with van der Waals surface area (Å²) in [6.45, 7) is 3.84. The highest BCUT2D eigenvalue weighted by Gasteiger charge is 2.27. The zero-order valence-electron chi connectivity index (χ0n) is 12.3. The zero-order chi connectivity index (χ0) is 16.3. The molecule has 0 radical (unpaired) electrons. The number of nitrogens with zero attached hydrogens (tertiary/aromatic N) is 1. The van der Waals surface area contributed by atoms with Gasteiger partial charge in [-0.15, -0.1) is 0 Å². The van der Waals surface area contributed by atoms with Crippen molar-refractivity contribution in [2.45, 2.75) is 31.3 Å². The third-order valence-electron chi connectivity index (χ3n) is 3.25. The monoisotopic (exact) mass is 341 g/mol. The molecule has 0 saturated heterocycles. The molecule has 0 amide bonds. The second-order valence-corrected chi connectivity index (χ2v) is 7.50. The van der Waals surface area contributed by atoms with Crippen molar-refractivity contribution in [1.29, 1.82) is 0 Å². The van der Waals surface area contributed by atoms with Crippen molar-refractivity contribution in [2.75, 3.05) is 0 Å². The highest BCUT2D eigenvalue weighted by atomic mass is 35.5. The van der Waals surface area contributed by atoms with E-state index in [1.807, 2.05) is 30.3 Å². The lowest BCUT2D eigenvalue weighted by atomic mass is 10.2. The smallest absolute Gasteiger partial charge is 0.207 e. The van der Waals surface area contributed by atoms with Crippen molar-refractivity contribution in [3.8, 4) is 0 Å². The SMILES string of the molecule is CC(C)N(Cc1ccccc1)S(=O)(=O)c1ccc(F)c(Cl)c1. The van der Waals surface area contributed by atoms with Crippen molar-refractivity contribution < 1.29 is 12.8 Å². The molecule has 0 N–H and O–H groups in total. The topological polar surface area (TPSA) is 37.4 Å². The van der Waals surface area contributed by atoms with Crippen LogP contribution in [0.1, 0.15) is 19.4 Å². The van der Waals surface area contributed by atoms with E-state index >= 15 is 0 Å². The highest BCUT2D eigenvalue weighted by Crippen LogP contribution is 2.25. The summed E-state index contributed by atoms with van der Waals surface area (Å²) in [5.41, 5.74) is 0.882. The molecule has 0 unspecified atom stereocenters. The van der Waals surface area contributed by atoms with Gasteiger partial charge >= 0.3 is 0 Å². The van der Waals surface area contributed by atoms with Crippen LogP contribution in [0.2, 0.25) is 5.02 Å². The quantitative estimate of drug-likeness (QED) is 0.821. The summed E-state index contributed by atoms with van der Waals surface area (Å²) >= 11 is 5.71. The van der Waals surface area contributed by atoms with Crippen LogP contribution in [0.4, 0.5) is 4.39 Å². The summed E-state index contributed by atoms with van der Waals surface area (Å²) in [5.74, 6) is -0.639. The lowest BCUT2D eigenvalue weighted by molar-refractivity contribution is 0.348. The van der Waals surface area contributed by atoms with Gasteiger partial charge in [0.15, 0.2) is 0 Å². The normalized spacial score (nSPS) is 12.1. The van der Waals surface area contributed by atoms with Crippen molar-refractivity contribution >= 4 is 21.6 Å². The first kappa shape index (κ1) is 16.9. The van der Waals surface area contributed by atoms with E-state index in [4.69, 9.17) is 11.6 Å². The highest BCUT2D eigenvalue weighted by molar-refractivity contribution is 7.89. The van der Waals surface area contributed by atoms with E-state index < -0.39 is 15.8 Å². The molecule has 3 nitrogen and oxygen atoms in total. The summed E-state index contributed by atoms with van der Waals surface area (Å²) in [6.07, 6.45) is 0.